The molecule has 0 spiro atoms. The van der Waals surface area contributed by atoms with Crippen LogP contribution in [0.4, 0.5) is 0 Å². The van der Waals surface area contributed by atoms with E-state index in [1.54, 1.807) is 0 Å². The summed E-state index contributed by atoms with van der Waals surface area (Å²) in [5, 5.41) is 11.4. The van der Waals surface area contributed by atoms with Crippen LogP contribution in [-0.4, -0.2) is 21.2 Å². The molecular formula is C25H24N4O. The number of hydrogen-bond acceptors (Lipinski definition) is 3. The van der Waals surface area contributed by atoms with Gasteiger partial charge in [-0.3, -0.25) is 4.79 Å². The van der Waals surface area contributed by atoms with Gasteiger partial charge in [-0.2, -0.15) is 0 Å². The lowest BCUT2D eigenvalue weighted by atomic mass is 10.0. The van der Waals surface area contributed by atoms with E-state index in [-0.39, 0.29) is 0 Å². The van der Waals surface area contributed by atoms with Crippen LogP contribution in [-0.2, 0) is 30.7 Å². The summed E-state index contributed by atoms with van der Waals surface area (Å²) in [6.07, 6.45) is 2.38. The van der Waals surface area contributed by atoms with Gasteiger partial charge in [0.15, 0.2) is 5.82 Å². The lowest BCUT2D eigenvalue weighted by molar-refractivity contribution is -0.109. The second kappa shape index (κ2) is 9.65. The summed E-state index contributed by atoms with van der Waals surface area (Å²) in [6.45, 7) is 1.03. The molecule has 0 saturated heterocycles. The Labute approximate surface area is 176 Å². The first kappa shape index (κ1) is 19.6. The number of aromatic nitrogens is 3. The quantitative estimate of drug-likeness (QED) is 0.435. The van der Waals surface area contributed by atoms with Gasteiger partial charge in [0, 0.05) is 6.42 Å². The van der Waals surface area contributed by atoms with Gasteiger partial charge in [-0.25, -0.2) is 0 Å². The van der Waals surface area contributed by atoms with E-state index in [4.69, 9.17) is 0 Å². The minimum Gasteiger partial charge on any atom is -0.351 e. The van der Waals surface area contributed by atoms with Gasteiger partial charge in [-0.05, 0) is 28.7 Å². The van der Waals surface area contributed by atoms with Crippen molar-refractivity contribution in [1.29, 1.82) is 0 Å². The number of rotatable bonds is 9. The minimum absolute atomic E-state index is 0.365. The molecule has 0 bridgehead atoms. The van der Waals surface area contributed by atoms with Gasteiger partial charge in [-0.1, -0.05) is 84.9 Å². The van der Waals surface area contributed by atoms with Crippen LogP contribution in [0.2, 0.25) is 0 Å². The molecule has 0 aliphatic rings. The maximum atomic E-state index is 10.8. The van der Waals surface area contributed by atoms with E-state index in [9.17, 15) is 4.79 Å². The third-order valence-corrected chi connectivity index (χ3v) is 5.13. The highest BCUT2D eigenvalue weighted by Crippen LogP contribution is 2.20. The second-order valence-electron chi connectivity index (χ2n) is 7.17. The Morgan fingerprint density at radius 3 is 2.03 bits per heavy atom. The van der Waals surface area contributed by atoms with Gasteiger partial charge >= 0.3 is 0 Å². The summed E-state index contributed by atoms with van der Waals surface area (Å²) in [4.78, 5) is 10.8. The molecule has 30 heavy (non-hydrogen) atoms. The van der Waals surface area contributed by atoms with Gasteiger partial charge in [-0.15, -0.1) is 10.2 Å². The molecule has 0 aliphatic heterocycles. The predicted octanol–water partition coefficient (Wildman–Crippen LogP) is 4.02. The van der Waals surface area contributed by atoms with E-state index in [0.717, 1.165) is 24.5 Å². The molecule has 0 aliphatic carbocycles. The van der Waals surface area contributed by atoms with Crippen LogP contribution in [0, 0.1) is 0 Å². The Bertz CT molecular complexity index is 1070. The third kappa shape index (κ3) is 4.81. The second-order valence-corrected chi connectivity index (χ2v) is 7.17. The maximum Gasteiger partial charge on any atom is 0.207 e. The van der Waals surface area contributed by atoms with Gasteiger partial charge in [0.05, 0.1) is 13.1 Å². The van der Waals surface area contributed by atoms with E-state index in [0.29, 0.717) is 19.5 Å². The molecule has 0 atom stereocenters. The SMILES string of the molecule is O=CNCc1nnc(CCc2ccccc2)n1Cc1ccc(-c2ccccc2)cc1. The molecule has 4 rings (SSSR count). The van der Waals surface area contributed by atoms with Crippen LogP contribution in [0.25, 0.3) is 11.1 Å². The summed E-state index contributed by atoms with van der Waals surface area (Å²) in [5.41, 5.74) is 4.83. The van der Waals surface area contributed by atoms with Crippen LogP contribution in [0.5, 0.6) is 0 Å². The summed E-state index contributed by atoms with van der Waals surface area (Å²) < 4.78 is 2.11. The van der Waals surface area contributed by atoms with Gasteiger partial charge in [0.25, 0.3) is 0 Å². The number of nitrogens with one attached hydrogen (secondary N) is 1. The predicted molar refractivity (Wildman–Crippen MR) is 118 cm³/mol. The van der Waals surface area contributed by atoms with Crippen molar-refractivity contribution in [2.75, 3.05) is 0 Å². The number of aryl methyl sites for hydroxylation is 2. The fraction of sp³-hybridized carbons (Fsp3) is 0.160. The Morgan fingerprint density at radius 1 is 0.700 bits per heavy atom. The normalized spacial score (nSPS) is 10.7. The van der Waals surface area contributed by atoms with Crippen molar-refractivity contribution in [2.45, 2.75) is 25.9 Å². The van der Waals surface area contributed by atoms with Crippen LogP contribution in [0.1, 0.15) is 22.8 Å². The lowest BCUT2D eigenvalue weighted by Gasteiger charge is -2.11. The van der Waals surface area contributed by atoms with Crippen LogP contribution >= 0.6 is 0 Å². The third-order valence-electron chi connectivity index (χ3n) is 5.13. The summed E-state index contributed by atoms with van der Waals surface area (Å²) >= 11 is 0. The molecule has 0 saturated carbocycles. The minimum atomic E-state index is 0.365. The van der Waals surface area contributed by atoms with E-state index in [2.05, 4.69) is 68.6 Å². The molecule has 0 radical (unpaired) electrons. The van der Waals surface area contributed by atoms with Crippen LogP contribution < -0.4 is 5.32 Å². The molecule has 5 nitrogen and oxygen atoms in total. The number of nitrogens with zero attached hydrogens (tertiary/aromatic N) is 3. The first-order valence-corrected chi connectivity index (χ1v) is 10.1. The molecular weight excluding hydrogens is 372 g/mol. The number of hydrogen-bond donors (Lipinski definition) is 1. The Kier molecular flexibility index (Phi) is 6.30. The molecule has 1 amide bonds. The van der Waals surface area contributed by atoms with Crippen molar-refractivity contribution in [3.63, 3.8) is 0 Å². The lowest BCUT2D eigenvalue weighted by Crippen LogP contribution is -2.17. The molecule has 150 valence electrons. The first-order valence-electron chi connectivity index (χ1n) is 10.1. The topological polar surface area (TPSA) is 59.8 Å². The molecule has 0 fully saturated rings. The van der Waals surface area contributed by atoms with Gasteiger partial charge in [0.1, 0.15) is 5.82 Å². The maximum absolute atomic E-state index is 10.8. The molecule has 3 aromatic carbocycles. The summed E-state index contributed by atoms with van der Waals surface area (Å²) in [5.74, 6) is 1.69. The molecule has 1 heterocycles. The van der Waals surface area contributed by atoms with E-state index in [1.165, 1.54) is 22.3 Å². The molecule has 1 N–H and O–H groups in total. The summed E-state index contributed by atoms with van der Waals surface area (Å²) in [7, 11) is 0. The fourth-order valence-electron chi connectivity index (χ4n) is 3.52. The molecule has 1 aromatic heterocycles. The van der Waals surface area contributed by atoms with Crippen molar-refractivity contribution in [3.05, 3.63) is 108 Å². The highest BCUT2D eigenvalue weighted by Gasteiger charge is 2.13. The molecule has 0 unspecified atom stereocenters. The molecule has 5 heteroatoms. The zero-order valence-corrected chi connectivity index (χ0v) is 16.7. The highest BCUT2D eigenvalue weighted by atomic mass is 16.1. The van der Waals surface area contributed by atoms with Crippen molar-refractivity contribution in [2.24, 2.45) is 0 Å². The number of amides is 1. The fourth-order valence-corrected chi connectivity index (χ4v) is 3.52. The zero-order valence-electron chi connectivity index (χ0n) is 16.7. The van der Waals surface area contributed by atoms with E-state index in [1.807, 2.05) is 36.4 Å². The van der Waals surface area contributed by atoms with Gasteiger partial charge < -0.3 is 9.88 Å². The number of carbonyl (C=O) groups is 1. The van der Waals surface area contributed by atoms with Crippen molar-refractivity contribution < 1.29 is 4.79 Å². The Hall–Kier alpha value is -3.73. The number of benzene rings is 3. The first-order chi connectivity index (χ1) is 14.8. The average molecular weight is 396 g/mol. The van der Waals surface area contributed by atoms with Crippen molar-refractivity contribution in [1.82, 2.24) is 20.1 Å². The average Bonchev–Trinajstić information content (AvgIpc) is 3.19. The van der Waals surface area contributed by atoms with Crippen molar-refractivity contribution >= 4 is 6.41 Å². The van der Waals surface area contributed by atoms with E-state index >= 15 is 0 Å². The van der Waals surface area contributed by atoms with Crippen LogP contribution in [0.15, 0.2) is 84.9 Å². The standard InChI is InChI=1S/C25H24N4O/c30-19-26-17-25-28-27-24(16-13-20-7-3-1-4-8-20)29(25)18-21-11-14-23(15-12-21)22-9-5-2-6-10-22/h1-12,14-15,19H,13,16-18H2,(H,26,30). The monoisotopic (exact) mass is 396 g/mol. The largest absolute Gasteiger partial charge is 0.351 e. The highest BCUT2D eigenvalue weighted by molar-refractivity contribution is 5.63. The Morgan fingerprint density at radius 2 is 1.33 bits per heavy atom. The Balaban J connectivity index is 1.53. The number of carbonyl (C=O) groups excluding carboxylic acids is 1. The zero-order chi connectivity index (χ0) is 20.6. The van der Waals surface area contributed by atoms with Gasteiger partial charge in [0.2, 0.25) is 6.41 Å². The molecule has 4 aromatic rings. The van der Waals surface area contributed by atoms with Crippen molar-refractivity contribution in [3.8, 4) is 11.1 Å². The van der Waals surface area contributed by atoms with Crippen LogP contribution in [0.3, 0.4) is 0 Å². The smallest absolute Gasteiger partial charge is 0.207 e. The summed E-state index contributed by atoms with van der Waals surface area (Å²) in [6, 6.07) is 29.3. The van der Waals surface area contributed by atoms with E-state index < -0.39 is 0 Å².